The van der Waals surface area contributed by atoms with Crippen LogP contribution in [0.5, 0.6) is 0 Å². The molecule has 1 N–H and O–H groups in total. The van der Waals surface area contributed by atoms with E-state index < -0.39 is 0 Å². The van der Waals surface area contributed by atoms with E-state index >= 15 is 0 Å². The first-order valence-corrected chi connectivity index (χ1v) is 7.06. The molecule has 2 heterocycles. The number of nitrogens with zero attached hydrogens (tertiary/aromatic N) is 3. The van der Waals surface area contributed by atoms with Gasteiger partial charge in [0.1, 0.15) is 0 Å². The van der Waals surface area contributed by atoms with Crippen molar-refractivity contribution in [3.05, 3.63) is 54.1 Å². The third-order valence-corrected chi connectivity index (χ3v) is 3.29. The average molecular weight is 270 g/mol. The zero-order valence-electron chi connectivity index (χ0n) is 12.2. The summed E-state index contributed by atoms with van der Waals surface area (Å²) in [4.78, 5) is 10.9. The van der Waals surface area contributed by atoms with E-state index in [-0.39, 0.29) is 0 Å². The number of aromatic nitrogens is 2. The summed E-state index contributed by atoms with van der Waals surface area (Å²) in [6, 6.07) is 8.12. The molecule has 0 aliphatic rings. The van der Waals surface area contributed by atoms with E-state index in [1.807, 2.05) is 30.7 Å². The first-order chi connectivity index (χ1) is 9.81. The fraction of sp³-hybridized carbons (Fsp3) is 0.375. The highest BCUT2D eigenvalue weighted by Gasteiger charge is 2.07. The van der Waals surface area contributed by atoms with Gasteiger partial charge in [0, 0.05) is 44.6 Å². The second-order valence-electron chi connectivity index (χ2n) is 4.78. The molecule has 0 amide bonds. The van der Waals surface area contributed by atoms with Crippen LogP contribution in [0.4, 0.5) is 5.69 Å². The van der Waals surface area contributed by atoms with Gasteiger partial charge in [0.15, 0.2) is 0 Å². The highest BCUT2D eigenvalue weighted by atomic mass is 15.1. The van der Waals surface area contributed by atoms with Crippen LogP contribution in [0.15, 0.2) is 42.9 Å². The molecule has 0 aliphatic heterocycles. The van der Waals surface area contributed by atoms with Crippen molar-refractivity contribution in [1.82, 2.24) is 15.3 Å². The number of anilines is 1. The summed E-state index contributed by atoms with van der Waals surface area (Å²) in [6.07, 6.45) is 6.57. The van der Waals surface area contributed by atoms with Crippen LogP contribution < -0.4 is 10.2 Å². The number of likely N-dealkylation sites (N-methyl/N-ethyl adjacent to an activating group) is 1. The van der Waals surface area contributed by atoms with Crippen LogP contribution in [0, 0.1) is 0 Å². The van der Waals surface area contributed by atoms with Gasteiger partial charge in [0.2, 0.25) is 0 Å². The van der Waals surface area contributed by atoms with Crippen molar-refractivity contribution < 1.29 is 0 Å². The Morgan fingerprint density at radius 1 is 1.20 bits per heavy atom. The highest BCUT2D eigenvalue weighted by Crippen LogP contribution is 2.17. The molecule has 0 saturated carbocycles. The second-order valence-corrected chi connectivity index (χ2v) is 4.78. The molecule has 0 spiro atoms. The maximum atomic E-state index is 4.36. The lowest BCUT2D eigenvalue weighted by Crippen LogP contribution is -2.23. The molecular weight excluding hydrogens is 248 g/mol. The Morgan fingerprint density at radius 3 is 2.85 bits per heavy atom. The van der Waals surface area contributed by atoms with E-state index in [4.69, 9.17) is 0 Å². The van der Waals surface area contributed by atoms with Crippen LogP contribution in [0.2, 0.25) is 0 Å². The summed E-state index contributed by atoms with van der Waals surface area (Å²) < 4.78 is 0. The maximum absolute atomic E-state index is 4.36. The van der Waals surface area contributed by atoms with Gasteiger partial charge in [-0.2, -0.15) is 0 Å². The van der Waals surface area contributed by atoms with Crippen LogP contribution in [-0.2, 0) is 13.0 Å². The van der Waals surface area contributed by atoms with Gasteiger partial charge in [0.25, 0.3) is 0 Å². The Kier molecular flexibility index (Phi) is 5.50. The molecule has 0 fully saturated rings. The van der Waals surface area contributed by atoms with Crippen LogP contribution >= 0.6 is 0 Å². The largest absolute Gasteiger partial charge is 0.373 e. The smallest absolute Gasteiger partial charge is 0.0595 e. The third kappa shape index (κ3) is 4.03. The normalized spacial score (nSPS) is 10.5. The highest BCUT2D eigenvalue weighted by molar-refractivity contribution is 5.51. The SMILES string of the molecule is CCNCc1ccncc1N(C)CCc1ccccn1. The molecule has 106 valence electrons. The Labute approximate surface area is 120 Å². The first kappa shape index (κ1) is 14.5. The summed E-state index contributed by atoms with van der Waals surface area (Å²) in [5.74, 6) is 0. The van der Waals surface area contributed by atoms with Crippen molar-refractivity contribution in [2.45, 2.75) is 19.9 Å². The van der Waals surface area contributed by atoms with Crippen molar-refractivity contribution in [1.29, 1.82) is 0 Å². The number of nitrogens with one attached hydrogen (secondary N) is 1. The minimum absolute atomic E-state index is 0.877. The Morgan fingerprint density at radius 2 is 2.10 bits per heavy atom. The minimum Gasteiger partial charge on any atom is -0.373 e. The quantitative estimate of drug-likeness (QED) is 0.838. The predicted octanol–water partition coefficient (Wildman–Crippen LogP) is 2.27. The molecule has 2 aromatic rings. The van der Waals surface area contributed by atoms with Gasteiger partial charge in [-0.1, -0.05) is 13.0 Å². The molecule has 2 rings (SSSR count). The lowest BCUT2D eigenvalue weighted by Gasteiger charge is -2.22. The molecule has 0 radical (unpaired) electrons. The fourth-order valence-electron chi connectivity index (χ4n) is 2.12. The Balaban J connectivity index is 1.99. The van der Waals surface area contributed by atoms with Crippen molar-refractivity contribution in [3.63, 3.8) is 0 Å². The number of rotatable bonds is 7. The zero-order valence-corrected chi connectivity index (χ0v) is 12.2. The van der Waals surface area contributed by atoms with E-state index in [2.05, 4.69) is 46.3 Å². The molecule has 4 nitrogen and oxygen atoms in total. The standard InChI is InChI=1S/C16H22N4/c1-3-17-12-14-7-10-18-13-16(14)20(2)11-8-15-6-4-5-9-19-15/h4-7,9-10,13,17H,3,8,11-12H2,1-2H3. The molecule has 0 aromatic carbocycles. The monoisotopic (exact) mass is 270 g/mol. The summed E-state index contributed by atoms with van der Waals surface area (Å²) in [5.41, 5.74) is 3.59. The van der Waals surface area contributed by atoms with Crippen molar-refractivity contribution >= 4 is 5.69 Å². The third-order valence-electron chi connectivity index (χ3n) is 3.29. The van der Waals surface area contributed by atoms with Crippen LogP contribution in [-0.4, -0.2) is 30.1 Å². The predicted molar refractivity (Wildman–Crippen MR) is 82.8 cm³/mol. The van der Waals surface area contributed by atoms with E-state index in [9.17, 15) is 0 Å². The van der Waals surface area contributed by atoms with Crippen molar-refractivity contribution in [2.24, 2.45) is 0 Å². The van der Waals surface area contributed by atoms with Gasteiger partial charge in [-0.05, 0) is 30.3 Å². The average Bonchev–Trinajstić information content (AvgIpc) is 2.52. The summed E-state index contributed by atoms with van der Waals surface area (Å²) in [7, 11) is 2.11. The van der Waals surface area contributed by atoms with Gasteiger partial charge in [-0.25, -0.2) is 0 Å². The first-order valence-electron chi connectivity index (χ1n) is 7.06. The van der Waals surface area contributed by atoms with Crippen molar-refractivity contribution in [3.8, 4) is 0 Å². The summed E-state index contributed by atoms with van der Waals surface area (Å²) in [5, 5.41) is 3.37. The molecule has 0 unspecified atom stereocenters. The lowest BCUT2D eigenvalue weighted by molar-refractivity contribution is 0.721. The van der Waals surface area contributed by atoms with Crippen molar-refractivity contribution in [2.75, 3.05) is 25.0 Å². The molecule has 4 heteroatoms. The van der Waals surface area contributed by atoms with Gasteiger partial charge in [-0.3, -0.25) is 9.97 Å². The minimum atomic E-state index is 0.877. The van der Waals surface area contributed by atoms with Crippen LogP contribution in [0.1, 0.15) is 18.2 Å². The summed E-state index contributed by atoms with van der Waals surface area (Å²) >= 11 is 0. The lowest BCUT2D eigenvalue weighted by atomic mass is 10.2. The molecule has 0 saturated heterocycles. The van der Waals surface area contributed by atoms with E-state index in [0.29, 0.717) is 0 Å². The molecule has 0 atom stereocenters. The maximum Gasteiger partial charge on any atom is 0.0595 e. The zero-order chi connectivity index (χ0) is 14.2. The van der Waals surface area contributed by atoms with Gasteiger partial charge >= 0.3 is 0 Å². The molecule has 0 bridgehead atoms. The second kappa shape index (κ2) is 7.60. The Bertz CT molecular complexity index is 513. The molecule has 2 aromatic heterocycles. The van der Waals surface area contributed by atoms with E-state index in [0.717, 1.165) is 31.7 Å². The number of hydrogen-bond acceptors (Lipinski definition) is 4. The van der Waals surface area contributed by atoms with Gasteiger partial charge in [0.05, 0.1) is 11.9 Å². The Hall–Kier alpha value is -1.94. The van der Waals surface area contributed by atoms with Gasteiger partial charge < -0.3 is 10.2 Å². The van der Waals surface area contributed by atoms with E-state index in [1.165, 1.54) is 11.3 Å². The molecular formula is C16H22N4. The number of pyridine rings is 2. The molecule has 0 aliphatic carbocycles. The van der Waals surface area contributed by atoms with Gasteiger partial charge in [-0.15, -0.1) is 0 Å². The topological polar surface area (TPSA) is 41.1 Å². The van der Waals surface area contributed by atoms with Crippen LogP contribution in [0.3, 0.4) is 0 Å². The molecule has 20 heavy (non-hydrogen) atoms. The number of hydrogen-bond donors (Lipinski definition) is 1. The fourth-order valence-corrected chi connectivity index (χ4v) is 2.12. The summed E-state index contributed by atoms with van der Waals surface area (Å²) in [6.45, 7) is 4.90. The van der Waals surface area contributed by atoms with Crippen LogP contribution in [0.25, 0.3) is 0 Å². The van der Waals surface area contributed by atoms with E-state index in [1.54, 1.807) is 0 Å².